The highest BCUT2D eigenvalue weighted by molar-refractivity contribution is 5.43. The van der Waals surface area contributed by atoms with Gasteiger partial charge in [0.1, 0.15) is 5.75 Å². The Morgan fingerprint density at radius 1 is 1.50 bits per heavy atom. The van der Waals surface area contributed by atoms with Gasteiger partial charge < -0.3 is 14.6 Å². The minimum Gasteiger partial charge on any atom is -0.490 e. The van der Waals surface area contributed by atoms with E-state index in [0.717, 1.165) is 0 Å². The molecule has 1 unspecified atom stereocenters. The van der Waals surface area contributed by atoms with Crippen LogP contribution in [0.4, 0.5) is 5.69 Å². The maximum Gasteiger partial charge on any atom is 0.270 e. The number of aliphatic hydroxyl groups is 1. The molecule has 1 aromatic carbocycles. The molecule has 0 aliphatic carbocycles. The van der Waals surface area contributed by atoms with E-state index in [1.54, 1.807) is 7.11 Å². The van der Waals surface area contributed by atoms with Crippen molar-refractivity contribution < 1.29 is 19.5 Å². The molecule has 0 spiro atoms. The quantitative estimate of drug-likeness (QED) is 0.594. The van der Waals surface area contributed by atoms with E-state index in [1.165, 1.54) is 18.2 Å². The molecule has 0 saturated carbocycles. The topological polar surface area (TPSA) is 81.8 Å². The van der Waals surface area contributed by atoms with E-state index in [0.29, 0.717) is 24.3 Å². The summed E-state index contributed by atoms with van der Waals surface area (Å²) in [6.45, 7) is 2.15. The van der Waals surface area contributed by atoms with Gasteiger partial charge in [-0.25, -0.2) is 0 Å². The fourth-order valence-electron chi connectivity index (χ4n) is 1.48. The third-order valence-electron chi connectivity index (χ3n) is 2.48. The number of hydrogen-bond donors (Lipinski definition) is 1. The fraction of sp³-hybridized carbons (Fsp3) is 0.500. The molecule has 0 aromatic heterocycles. The highest BCUT2D eigenvalue weighted by atomic mass is 16.6. The maximum absolute atomic E-state index is 10.6. The van der Waals surface area contributed by atoms with E-state index in [-0.39, 0.29) is 18.4 Å². The molecule has 0 saturated heterocycles. The van der Waals surface area contributed by atoms with Crippen LogP contribution in [0.15, 0.2) is 18.2 Å². The van der Waals surface area contributed by atoms with Gasteiger partial charge in [0.2, 0.25) is 0 Å². The molecule has 18 heavy (non-hydrogen) atoms. The Morgan fingerprint density at radius 2 is 2.22 bits per heavy atom. The molecule has 1 N–H and O–H groups in total. The molecular weight excluding hydrogens is 238 g/mol. The molecule has 0 radical (unpaired) electrons. The maximum atomic E-state index is 10.6. The van der Waals surface area contributed by atoms with Gasteiger partial charge >= 0.3 is 0 Å². The van der Waals surface area contributed by atoms with Gasteiger partial charge in [-0.1, -0.05) is 0 Å². The van der Waals surface area contributed by atoms with E-state index < -0.39 is 4.92 Å². The first kappa shape index (κ1) is 14.4. The van der Waals surface area contributed by atoms with Crippen LogP contribution in [-0.4, -0.2) is 29.9 Å². The van der Waals surface area contributed by atoms with Crippen LogP contribution in [0.25, 0.3) is 0 Å². The lowest BCUT2D eigenvalue weighted by Gasteiger charge is -2.16. The van der Waals surface area contributed by atoms with Crippen molar-refractivity contribution in [2.24, 2.45) is 0 Å². The van der Waals surface area contributed by atoms with E-state index in [2.05, 4.69) is 0 Å². The van der Waals surface area contributed by atoms with Crippen LogP contribution in [0.1, 0.15) is 18.9 Å². The molecule has 0 bridgehead atoms. The predicted octanol–water partition coefficient (Wildman–Crippen LogP) is 1.89. The van der Waals surface area contributed by atoms with Crippen molar-refractivity contribution in [1.82, 2.24) is 0 Å². The van der Waals surface area contributed by atoms with E-state index in [1.807, 2.05) is 6.92 Å². The first-order valence-corrected chi connectivity index (χ1v) is 5.62. The second-order valence-electron chi connectivity index (χ2n) is 3.92. The number of benzene rings is 1. The molecule has 100 valence electrons. The van der Waals surface area contributed by atoms with Gasteiger partial charge in [0.25, 0.3) is 5.69 Å². The molecule has 1 aromatic rings. The highest BCUT2D eigenvalue weighted by Gasteiger charge is 2.13. The summed E-state index contributed by atoms with van der Waals surface area (Å²) in [6.07, 6.45) is 0.620. The van der Waals surface area contributed by atoms with Gasteiger partial charge in [-0.3, -0.25) is 10.1 Å². The zero-order valence-electron chi connectivity index (χ0n) is 10.5. The summed E-state index contributed by atoms with van der Waals surface area (Å²) in [4.78, 5) is 10.1. The number of nitrogens with zero attached hydrogens (tertiary/aromatic N) is 1. The number of rotatable bonds is 7. The largest absolute Gasteiger partial charge is 0.490 e. The Morgan fingerprint density at radius 3 is 2.78 bits per heavy atom. The van der Waals surface area contributed by atoms with Crippen LogP contribution >= 0.6 is 0 Å². The van der Waals surface area contributed by atoms with E-state index in [9.17, 15) is 15.2 Å². The van der Waals surface area contributed by atoms with Crippen molar-refractivity contribution in [2.75, 3.05) is 13.7 Å². The van der Waals surface area contributed by atoms with E-state index >= 15 is 0 Å². The SMILES string of the molecule is COCCC(C)Oc1ccc([N+](=O)[O-])cc1CO. The zero-order chi connectivity index (χ0) is 13.5. The number of hydrogen-bond acceptors (Lipinski definition) is 5. The normalized spacial score (nSPS) is 12.2. The molecule has 6 heteroatoms. The monoisotopic (exact) mass is 255 g/mol. The smallest absolute Gasteiger partial charge is 0.270 e. The van der Waals surface area contributed by atoms with Crippen molar-refractivity contribution in [2.45, 2.75) is 26.1 Å². The van der Waals surface area contributed by atoms with Gasteiger partial charge in [-0.2, -0.15) is 0 Å². The first-order chi connectivity index (χ1) is 8.58. The van der Waals surface area contributed by atoms with Crippen molar-refractivity contribution in [1.29, 1.82) is 0 Å². The second-order valence-corrected chi connectivity index (χ2v) is 3.92. The number of ether oxygens (including phenoxy) is 2. The molecule has 1 atom stereocenters. The second kappa shape index (κ2) is 6.93. The summed E-state index contributed by atoms with van der Waals surface area (Å²) in [7, 11) is 1.61. The lowest BCUT2D eigenvalue weighted by atomic mass is 10.2. The van der Waals surface area contributed by atoms with Crippen molar-refractivity contribution in [3.63, 3.8) is 0 Å². The van der Waals surface area contributed by atoms with Gasteiger partial charge in [0.05, 0.1) is 17.6 Å². The molecule has 0 heterocycles. The molecule has 6 nitrogen and oxygen atoms in total. The average molecular weight is 255 g/mol. The van der Waals surface area contributed by atoms with Crippen LogP contribution in [0.5, 0.6) is 5.75 Å². The zero-order valence-corrected chi connectivity index (χ0v) is 10.5. The fourth-order valence-corrected chi connectivity index (χ4v) is 1.48. The highest BCUT2D eigenvalue weighted by Crippen LogP contribution is 2.25. The van der Waals surface area contributed by atoms with Crippen LogP contribution < -0.4 is 4.74 Å². The van der Waals surface area contributed by atoms with E-state index in [4.69, 9.17) is 9.47 Å². The minimum absolute atomic E-state index is 0.0593. The van der Waals surface area contributed by atoms with Crippen LogP contribution in [0.2, 0.25) is 0 Å². The number of non-ortho nitro benzene ring substituents is 1. The predicted molar refractivity (Wildman–Crippen MR) is 65.6 cm³/mol. The Labute approximate surface area is 105 Å². The number of aliphatic hydroxyl groups excluding tert-OH is 1. The minimum atomic E-state index is -0.503. The molecule has 0 aliphatic heterocycles. The Hall–Kier alpha value is -1.66. The third-order valence-corrected chi connectivity index (χ3v) is 2.48. The number of nitro benzene ring substituents is 1. The Kier molecular flexibility index (Phi) is 5.54. The van der Waals surface area contributed by atoms with Gasteiger partial charge in [0, 0.05) is 37.8 Å². The van der Waals surface area contributed by atoms with Gasteiger partial charge in [-0.05, 0) is 13.0 Å². The number of methoxy groups -OCH3 is 1. The summed E-state index contributed by atoms with van der Waals surface area (Å²) in [5.41, 5.74) is 0.351. The van der Waals surface area contributed by atoms with Crippen LogP contribution in [-0.2, 0) is 11.3 Å². The standard InChI is InChI=1S/C12H17NO5/c1-9(5-6-17-2)18-12-4-3-11(13(15)16)7-10(12)8-14/h3-4,7,9,14H,5-6,8H2,1-2H3. The summed E-state index contributed by atoms with van der Waals surface area (Å²) in [5, 5.41) is 19.8. The van der Waals surface area contributed by atoms with Crippen molar-refractivity contribution >= 4 is 5.69 Å². The first-order valence-electron chi connectivity index (χ1n) is 5.62. The molecule has 0 aliphatic rings. The van der Waals surface area contributed by atoms with Crippen LogP contribution in [0, 0.1) is 10.1 Å². The summed E-state index contributed by atoms with van der Waals surface area (Å²) in [6, 6.07) is 4.18. The Bertz CT molecular complexity index is 407. The Balaban J connectivity index is 2.79. The van der Waals surface area contributed by atoms with Gasteiger partial charge in [0.15, 0.2) is 0 Å². The average Bonchev–Trinajstić information content (AvgIpc) is 2.36. The number of nitro groups is 1. The lowest BCUT2D eigenvalue weighted by molar-refractivity contribution is -0.385. The van der Waals surface area contributed by atoms with Crippen LogP contribution in [0.3, 0.4) is 0 Å². The molecule has 1 rings (SSSR count). The van der Waals surface area contributed by atoms with Gasteiger partial charge in [-0.15, -0.1) is 0 Å². The third kappa shape index (κ3) is 3.97. The van der Waals surface area contributed by atoms with Crippen molar-refractivity contribution in [3.8, 4) is 5.75 Å². The summed E-state index contributed by atoms with van der Waals surface area (Å²) in [5.74, 6) is 0.465. The lowest BCUT2D eigenvalue weighted by Crippen LogP contribution is -2.15. The summed E-state index contributed by atoms with van der Waals surface area (Å²) < 4.78 is 10.5. The molecular formula is C12H17NO5. The molecule has 0 amide bonds. The molecule has 0 fully saturated rings. The van der Waals surface area contributed by atoms with Crippen molar-refractivity contribution in [3.05, 3.63) is 33.9 Å². The summed E-state index contributed by atoms with van der Waals surface area (Å²) >= 11 is 0.